The van der Waals surface area contributed by atoms with Crippen LogP contribution in [0, 0.1) is 5.41 Å². The Balaban J connectivity index is 1.90. The molecule has 0 unspecified atom stereocenters. The summed E-state index contributed by atoms with van der Waals surface area (Å²) in [7, 11) is 0. The van der Waals surface area contributed by atoms with E-state index in [0.717, 1.165) is 24.1 Å². The number of aryl methyl sites for hydroxylation is 1. The molecule has 5 heteroatoms. The number of amides is 2. The van der Waals surface area contributed by atoms with Crippen LogP contribution >= 0.6 is 0 Å². The number of anilines is 2. The first-order valence-electron chi connectivity index (χ1n) is 8.16. The molecule has 1 aliphatic rings. The second-order valence-corrected chi connectivity index (χ2v) is 7.09. The van der Waals surface area contributed by atoms with E-state index in [0.29, 0.717) is 18.0 Å². The lowest BCUT2D eigenvalue weighted by molar-refractivity contribution is -0.123. The highest BCUT2D eigenvalue weighted by atomic mass is 16.3. The van der Waals surface area contributed by atoms with Crippen molar-refractivity contribution in [2.75, 3.05) is 16.8 Å². The van der Waals surface area contributed by atoms with Gasteiger partial charge in [-0.2, -0.15) is 0 Å². The summed E-state index contributed by atoms with van der Waals surface area (Å²) in [6.07, 6.45) is 3.33. The Kier molecular flexibility index (Phi) is 4.18. The maximum absolute atomic E-state index is 12.7. The van der Waals surface area contributed by atoms with Gasteiger partial charge in [-0.25, -0.2) is 0 Å². The zero-order valence-electron chi connectivity index (χ0n) is 14.3. The number of rotatable bonds is 2. The zero-order chi connectivity index (χ0) is 17.3. The predicted octanol–water partition coefficient (Wildman–Crippen LogP) is 3.86. The zero-order valence-corrected chi connectivity index (χ0v) is 14.3. The number of benzene rings is 1. The second kappa shape index (κ2) is 6.15. The highest BCUT2D eigenvalue weighted by molar-refractivity contribution is 6.05. The molecular formula is C19H22N2O3. The van der Waals surface area contributed by atoms with Crippen molar-refractivity contribution in [3.8, 4) is 0 Å². The van der Waals surface area contributed by atoms with E-state index in [9.17, 15) is 9.59 Å². The van der Waals surface area contributed by atoms with E-state index in [1.807, 2.05) is 39.0 Å². The van der Waals surface area contributed by atoms with E-state index in [1.54, 1.807) is 17.0 Å². The van der Waals surface area contributed by atoms with Crippen LogP contribution in [0.15, 0.2) is 41.0 Å². The van der Waals surface area contributed by atoms with Gasteiger partial charge in [-0.05, 0) is 42.7 Å². The molecule has 1 aliphatic heterocycles. The molecule has 0 aliphatic carbocycles. The van der Waals surface area contributed by atoms with Crippen molar-refractivity contribution >= 4 is 23.2 Å². The van der Waals surface area contributed by atoms with E-state index in [2.05, 4.69) is 5.32 Å². The fourth-order valence-corrected chi connectivity index (χ4v) is 2.72. The summed E-state index contributed by atoms with van der Waals surface area (Å²) in [5.74, 6) is 0.120. The molecule has 0 fully saturated rings. The molecule has 0 saturated carbocycles. The van der Waals surface area contributed by atoms with Crippen LogP contribution < -0.4 is 10.2 Å². The number of fused-ring (bicyclic) bond motifs is 1. The summed E-state index contributed by atoms with van der Waals surface area (Å²) >= 11 is 0. The first kappa shape index (κ1) is 16.3. The van der Waals surface area contributed by atoms with Crippen molar-refractivity contribution in [2.45, 2.75) is 33.6 Å². The third-order valence-electron chi connectivity index (χ3n) is 4.12. The van der Waals surface area contributed by atoms with Gasteiger partial charge in [-0.3, -0.25) is 9.59 Å². The van der Waals surface area contributed by atoms with Crippen LogP contribution in [-0.4, -0.2) is 18.4 Å². The van der Waals surface area contributed by atoms with Gasteiger partial charge in [0.1, 0.15) is 0 Å². The smallest absolute Gasteiger partial charge is 0.293 e. The highest BCUT2D eigenvalue weighted by Gasteiger charge is 2.26. The number of furan rings is 1. The SMILES string of the molecule is CC(C)(C)C(=O)Nc1ccc2c(c1)N(C(=O)c1ccco1)CCC2. The largest absolute Gasteiger partial charge is 0.459 e. The molecule has 2 heterocycles. The van der Waals surface area contributed by atoms with Crippen LogP contribution in [0.1, 0.15) is 43.3 Å². The number of hydrogen-bond donors (Lipinski definition) is 1. The average molecular weight is 326 g/mol. The van der Waals surface area contributed by atoms with Crippen molar-refractivity contribution in [1.82, 2.24) is 0 Å². The molecule has 0 saturated heterocycles. The van der Waals surface area contributed by atoms with E-state index >= 15 is 0 Å². The third kappa shape index (κ3) is 3.20. The Morgan fingerprint density at radius 1 is 1.21 bits per heavy atom. The van der Waals surface area contributed by atoms with Crippen LogP contribution in [-0.2, 0) is 11.2 Å². The lowest BCUT2D eigenvalue weighted by atomic mass is 9.95. The van der Waals surface area contributed by atoms with Crippen molar-refractivity contribution < 1.29 is 14.0 Å². The molecule has 1 aromatic heterocycles. The summed E-state index contributed by atoms with van der Waals surface area (Å²) in [5.41, 5.74) is 2.18. The fraction of sp³-hybridized carbons (Fsp3) is 0.368. The Morgan fingerprint density at radius 3 is 2.67 bits per heavy atom. The Bertz CT molecular complexity index is 757. The van der Waals surface area contributed by atoms with Crippen LogP contribution in [0.3, 0.4) is 0 Å². The lowest BCUT2D eigenvalue weighted by Gasteiger charge is -2.29. The highest BCUT2D eigenvalue weighted by Crippen LogP contribution is 2.32. The predicted molar refractivity (Wildman–Crippen MR) is 93.2 cm³/mol. The van der Waals surface area contributed by atoms with Gasteiger partial charge in [0.15, 0.2) is 5.76 Å². The van der Waals surface area contributed by atoms with E-state index < -0.39 is 5.41 Å². The Labute approximate surface area is 141 Å². The molecule has 3 rings (SSSR count). The minimum absolute atomic E-state index is 0.0535. The molecular weight excluding hydrogens is 304 g/mol. The fourth-order valence-electron chi connectivity index (χ4n) is 2.72. The maximum atomic E-state index is 12.7. The topological polar surface area (TPSA) is 62.6 Å². The Hall–Kier alpha value is -2.56. The number of nitrogens with zero attached hydrogens (tertiary/aromatic N) is 1. The average Bonchev–Trinajstić information content (AvgIpc) is 3.07. The van der Waals surface area contributed by atoms with Gasteiger partial charge in [0, 0.05) is 23.3 Å². The standard InChI is InChI=1S/C19H22N2O3/c1-19(2,3)18(23)20-14-9-8-13-6-4-10-21(15(13)12-14)17(22)16-7-5-11-24-16/h5,7-9,11-12H,4,6,10H2,1-3H3,(H,20,23). The van der Waals surface area contributed by atoms with Crippen molar-refractivity contribution in [1.29, 1.82) is 0 Å². The van der Waals surface area contributed by atoms with Crippen molar-refractivity contribution in [3.63, 3.8) is 0 Å². The van der Waals surface area contributed by atoms with Crippen LogP contribution in [0.25, 0.3) is 0 Å². The lowest BCUT2D eigenvalue weighted by Crippen LogP contribution is -2.35. The number of carbonyl (C=O) groups excluding carboxylic acids is 2. The van der Waals surface area contributed by atoms with Gasteiger partial charge in [-0.1, -0.05) is 26.8 Å². The van der Waals surface area contributed by atoms with Crippen LogP contribution in [0.4, 0.5) is 11.4 Å². The van der Waals surface area contributed by atoms with Gasteiger partial charge >= 0.3 is 0 Å². The quantitative estimate of drug-likeness (QED) is 0.911. The normalized spacial score (nSPS) is 14.2. The second-order valence-electron chi connectivity index (χ2n) is 7.09. The number of nitrogens with one attached hydrogen (secondary N) is 1. The van der Waals surface area contributed by atoms with Crippen molar-refractivity contribution in [2.24, 2.45) is 5.41 Å². The molecule has 0 radical (unpaired) electrons. The summed E-state index contributed by atoms with van der Waals surface area (Å²) in [5, 5.41) is 2.93. The van der Waals surface area contributed by atoms with E-state index in [4.69, 9.17) is 4.42 Å². The molecule has 126 valence electrons. The monoisotopic (exact) mass is 326 g/mol. The van der Waals surface area contributed by atoms with Gasteiger partial charge in [0.2, 0.25) is 5.91 Å². The molecule has 2 aromatic rings. The molecule has 0 bridgehead atoms. The van der Waals surface area contributed by atoms with E-state index in [1.165, 1.54) is 6.26 Å². The van der Waals surface area contributed by atoms with Crippen molar-refractivity contribution in [3.05, 3.63) is 47.9 Å². The number of carbonyl (C=O) groups is 2. The van der Waals surface area contributed by atoms with Crippen LogP contribution in [0.5, 0.6) is 0 Å². The molecule has 24 heavy (non-hydrogen) atoms. The van der Waals surface area contributed by atoms with Crippen LogP contribution in [0.2, 0.25) is 0 Å². The molecule has 1 N–H and O–H groups in total. The summed E-state index contributed by atoms with van der Waals surface area (Å²) in [6, 6.07) is 9.12. The molecule has 1 aromatic carbocycles. The van der Waals surface area contributed by atoms with E-state index in [-0.39, 0.29) is 11.8 Å². The molecule has 0 spiro atoms. The first-order chi connectivity index (χ1) is 11.4. The third-order valence-corrected chi connectivity index (χ3v) is 4.12. The molecule has 2 amide bonds. The summed E-state index contributed by atoms with van der Waals surface area (Å²) in [4.78, 5) is 26.6. The Morgan fingerprint density at radius 2 is 2.00 bits per heavy atom. The minimum atomic E-state index is -0.473. The number of hydrogen-bond acceptors (Lipinski definition) is 3. The van der Waals surface area contributed by atoms with Gasteiger partial charge in [0.25, 0.3) is 5.91 Å². The molecule has 5 nitrogen and oxygen atoms in total. The molecule has 0 atom stereocenters. The van der Waals surface area contributed by atoms with Gasteiger partial charge in [0.05, 0.1) is 6.26 Å². The van der Waals surface area contributed by atoms with Gasteiger partial charge in [-0.15, -0.1) is 0 Å². The maximum Gasteiger partial charge on any atom is 0.293 e. The summed E-state index contributed by atoms with van der Waals surface area (Å²) < 4.78 is 5.24. The van der Waals surface area contributed by atoms with Gasteiger partial charge < -0.3 is 14.6 Å². The minimum Gasteiger partial charge on any atom is -0.459 e. The summed E-state index contributed by atoms with van der Waals surface area (Å²) in [6.45, 7) is 6.25. The first-order valence-corrected chi connectivity index (χ1v) is 8.16.